The second kappa shape index (κ2) is 7.04. The number of benzene rings is 1. The van der Waals surface area contributed by atoms with E-state index in [-0.39, 0.29) is 35.5 Å². The SMILES string of the molecule is CC(C)NC(=O)CCOc1ccc(C(N)=S)c(F)c1. The van der Waals surface area contributed by atoms with Crippen LogP contribution in [-0.4, -0.2) is 23.5 Å². The molecule has 104 valence electrons. The summed E-state index contributed by atoms with van der Waals surface area (Å²) in [7, 11) is 0. The fraction of sp³-hybridized carbons (Fsp3) is 0.385. The zero-order chi connectivity index (χ0) is 14.4. The molecule has 19 heavy (non-hydrogen) atoms. The minimum atomic E-state index is -0.531. The van der Waals surface area contributed by atoms with Gasteiger partial charge in [0.2, 0.25) is 5.91 Å². The minimum Gasteiger partial charge on any atom is -0.493 e. The Kier molecular flexibility index (Phi) is 5.69. The lowest BCUT2D eigenvalue weighted by Crippen LogP contribution is -2.31. The van der Waals surface area contributed by atoms with Gasteiger partial charge in [0, 0.05) is 17.7 Å². The fourth-order valence-electron chi connectivity index (χ4n) is 1.44. The van der Waals surface area contributed by atoms with Gasteiger partial charge in [-0.3, -0.25) is 4.79 Å². The third-order valence-corrected chi connectivity index (χ3v) is 2.47. The van der Waals surface area contributed by atoms with Crippen molar-refractivity contribution in [1.82, 2.24) is 5.32 Å². The normalized spacial score (nSPS) is 10.3. The predicted molar refractivity (Wildman–Crippen MR) is 75.7 cm³/mol. The number of nitrogens with one attached hydrogen (secondary N) is 1. The third-order valence-electron chi connectivity index (χ3n) is 2.25. The maximum absolute atomic E-state index is 13.5. The summed E-state index contributed by atoms with van der Waals surface area (Å²) in [6, 6.07) is 4.32. The van der Waals surface area contributed by atoms with E-state index in [4.69, 9.17) is 22.7 Å². The van der Waals surface area contributed by atoms with Gasteiger partial charge in [0.05, 0.1) is 13.0 Å². The zero-order valence-electron chi connectivity index (χ0n) is 10.9. The number of carbonyl (C=O) groups excluding carboxylic acids is 1. The van der Waals surface area contributed by atoms with Crippen molar-refractivity contribution in [1.29, 1.82) is 0 Å². The van der Waals surface area contributed by atoms with Crippen LogP contribution in [0.2, 0.25) is 0 Å². The van der Waals surface area contributed by atoms with Crippen LogP contribution in [0.4, 0.5) is 4.39 Å². The summed E-state index contributed by atoms with van der Waals surface area (Å²) in [5.74, 6) is -0.290. The number of halogens is 1. The molecule has 0 radical (unpaired) electrons. The lowest BCUT2D eigenvalue weighted by molar-refractivity contribution is -0.122. The molecule has 0 fully saturated rings. The second-order valence-electron chi connectivity index (χ2n) is 4.33. The molecule has 0 aliphatic rings. The van der Waals surface area contributed by atoms with E-state index in [1.807, 2.05) is 13.8 Å². The number of thiocarbonyl (C=S) groups is 1. The molecule has 6 heteroatoms. The monoisotopic (exact) mass is 284 g/mol. The van der Waals surface area contributed by atoms with Crippen LogP contribution in [0.3, 0.4) is 0 Å². The molecule has 0 atom stereocenters. The molecular formula is C13H17FN2O2S. The van der Waals surface area contributed by atoms with Crippen LogP contribution in [0.1, 0.15) is 25.8 Å². The van der Waals surface area contributed by atoms with Crippen LogP contribution >= 0.6 is 12.2 Å². The van der Waals surface area contributed by atoms with Crippen LogP contribution in [0.25, 0.3) is 0 Å². The van der Waals surface area contributed by atoms with E-state index in [9.17, 15) is 9.18 Å². The first-order chi connectivity index (χ1) is 8.90. The summed E-state index contributed by atoms with van der Waals surface area (Å²) in [5, 5.41) is 2.74. The van der Waals surface area contributed by atoms with Gasteiger partial charge in [-0.2, -0.15) is 0 Å². The lowest BCUT2D eigenvalue weighted by atomic mass is 10.2. The molecule has 0 bridgehead atoms. The van der Waals surface area contributed by atoms with Crippen LogP contribution in [0.5, 0.6) is 5.75 Å². The summed E-state index contributed by atoms with van der Waals surface area (Å²) in [6.07, 6.45) is 0.219. The summed E-state index contributed by atoms with van der Waals surface area (Å²) >= 11 is 4.70. The number of nitrogens with two attached hydrogens (primary N) is 1. The maximum atomic E-state index is 13.5. The van der Waals surface area contributed by atoms with Crippen molar-refractivity contribution in [2.45, 2.75) is 26.3 Å². The maximum Gasteiger partial charge on any atom is 0.223 e. The Labute approximate surface area is 117 Å². The minimum absolute atomic E-state index is 0.000334. The molecule has 0 unspecified atom stereocenters. The van der Waals surface area contributed by atoms with Crippen molar-refractivity contribution in [3.8, 4) is 5.75 Å². The highest BCUT2D eigenvalue weighted by Gasteiger charge is 2.07. The highest BCUT2D eigenvalue weighted by atomic mass is 32.1. The zero-order valence-corrected chi connectivity index (χ0v) is 11.7. The van der Waals surface area contributed by atoms with Gasteiger partial charge in [0.25, 0.3) is 0 Å². The standard InChI is InChI=1S/C13H17FN2O2S/c1-8(2)16-12(17)5-6-18-9-3-4-10(13(15)19)11(14)7-9/h3-4,7-8H,5-6H2,1-2H3,(H2,15,19)(H,16,17). The Morgan fingerprint density at radius 2 is 2.21 bits per heavy atom. The average Bonchev–Trinajstić information content (AvgIpc) is 2.27. The first kappa shape index (κ1) is 15.4. The third kappa shape index (κ3) is 5.21. The molecule has 0 aromatic heterocycles. The first-order valence-corrected chi connectivity index (χ1v) is 6.32. The van der Waals surface area contributed by atoms with Crippen molar-refractivity contribution < 1.29 is 13.9 Å². The molecule has 0 aliphatic carbocycles. The largest absolute Gasteiger partial charge is 0.493 e. The second-order valence-corrected chi connectivity index (χ2v) is 4.77. The van der Waals surface area contributed by atoms with Gasteiger partial charge in [-0.15, -0.1) is 0 Å². The van der Waals surface area contributed by atoms with Gasteiger partial charge in [0.1, 0.15) is 16.6 Å². The molecular weight excluding hydrogens is 267 g/mol. The molecule has 1 aromatic carbocycles. The summed E-state index contributed by atoms with van der Waals surface area (Å²) in [4.78, 5) is 11.4. The Morgan fingerprint density at radius 1 is 1.53 bits per heavy atom. The highest BCUT2D eigenvalue weighted by molar-refractivity contribution is 7.80. The van der Waals surface area contributed by atoms with Crippen LogP contribution in [-0.2, 0) is 4.79 Å². The van der Waals surface area contributed by atoms with E-state index in [0.717, 1.165) is 0 Å². The van der Waals surface area contributed by atoms with E-state index in [1.165, 1.54) is 12.1 Å². The fourth-order valence-corrected chi connectivity index (χ4v) is 1.61. The van der Waals surface area contributed by atoms with Gasteiger partial charge < -0.3 is 15.8 Å². The van der Waals surface area contributed by atoms with Crippen LogP contribution in [0, 0.1) is 5.82 Å². The number of rotatable bonds is 6. The molecule has 1 amide bonds. The first-order valence-electron chi connectivity index (χ1n) is 5.91. The van der Waals surface area contributed by atoms with Gasteiger partial charge in [-0.1, -0.05) is 12.2 Å². The summed E-state index contributed by atoms with van der Waals surface area (Å²) < 4.78 is 18.8. The van der Waals surface area contributed by atoms with E-state index in [1.54, 1.807) is 6.07 Å². The molecule has 0 saturated carbocycles. The summed E-state index contributed by atoms with van der Waals surface area (Å²) in [6.45, 7) is 3.94. The number of ether oxygens (including phenoxy) is 1. The van der Waals surface area contributed by atoms with Crippen molar-refractivity contribution >= 4 is 23.1 Å². The average molecular weight is 284 g/mol. The van der Waals surface area contributed by atoms with Crippen molar-refractivity contribution in [2.24, 2.45) is 5.73 Å². The van der Waals surface area contributed by atoms with E-state index in [0.29, 0.717) is 5.75 Å². The van der Waals surface area contributed by atoms with Crippen molar-refractivity contribution in [2.75, 3.05) is 6.61 Å². The molecule has 1 rings (SSSR count). The molecule has 4 nitrogen and oxygen atoms in total. The predicted octanol–water partition coefficient (Wildman–Crippen LogP) is 1.75. The molecule has 3 N–H and O–H groups in total. The van der Waals surface area contributed by atoms with Gasteiger partial charge >= 0.3 is 0 Å². The number of carbonyl (C=O) groups is 1. The molecule has 0 saturated heterocycles. The quantitative estimate of drug-likeness (QED) is 0.781. The van der Waals surface area contributed by atoms with E-state index < -0.39 is 5.82 Å². The Balaban J connectivity index is 2.48. The van der Waals surface area contributed by atoms with Crippen molar-refractivity contribution in [3.63, 3.8) is 0 Å². The number of hydrogen-bond acceptors (Lipinski definition) is 3. The van der Waals surface area contributed by atoms with Gasteiger partial charge in [-0.05, 0) is 26.0 Å². The molecule has 0 heterocycles. The highest BCUT2D eigenvalue weighted by Crippen LogP contribution is 2.16. The Hall–Kier alpha value is -1.69. The molecule has 0 aliphatic heterocycles. The van der Waals surface area contributed by atoms with E-state index >= 15 is 0 Å². The summed E-state index contributed by atoms with van der Waals surface area (Å²) in [5.41, 5.74) is 5.53. The number of hydrogen-bond donors (Lipinski definition) is 2. The van der Waals surface area contributed by atoms with Gasteiger partial charge in [0.15, 0.2) is 0 Å². The molecule has 1 aromatic rings. The van der Waals surface area contributed by atoms with Crippen molar-refractivity contribution in [3.05, 3.63) is 29.6 Å². The lowest BCUT2D eigenvalue weighted by Gasteiger charge is -2.10. The smallest absolute Gasteiger partial charge is 0.223 e. The molecule has 0 spiro atoms. The topological polar surface area (TPSA) is 64.3 Å². The Bertz CT molecular complexity index is 478. The van der Waals surface area contributed by atoms with E-state index in [2.05, 4.69) is 5.32 Å². The van der Waals surface area contributed by atoms with Crippen LogP contribution in [0.15, 0.2) is 18.2 Å². The number of amides is 1. The van der Waals surface area contributed by atoms with Gasteiger partial charge in [-0.25, -0.2) is 4.39 Å². The van der Waals surface area contributed by atoms with Crippen LogP contribution < -0.4 is 15.8 Å². The Morgan fingerprint density at radius 3 is 2.74 bits per heavy atom.